The van der Waals surface area contributed by atoms with Crippen LogP contribution in [0.25, 0.3) is 0 Å². The molecule has 4 nitrogen and oxygen atoms in total. The van der Waals surface area contributed by atoms with Crippen LogP contribution in [-0.2, 0) is 4.79 Å². The molecule has 54 valence electrons. The van der Waals surface area contributed by atoms with Gasteiger partial charge in [0.05, 0.1) is 5.75 Å². The van der Waals surface area contributed by atoms with Crippen LogP contribution in [0.3, 0.4) is 0 Å². The van der Waals surface area contributed by atoms with Crippen LogP contribution >= 0.6 is 12.6 Å². The maximum Gasteiger partial charge on any atom is 0.243 e. The van der Waals surface area contributed by atoms with Crippen LogP contribution in [0, 0.1) is 0 Å². The van der Waals surface area contributed by atoms with Crippen LogP contribution in [0.15, 0.2) is 0 Å². The summed E-state index contributed by atoms with van der Waals surface area (Å²) in [5, 5.41) is 0. The smallest absolute Gasteiger partial charge is 0.243 e. The van der Waals surface area contributed by atoms with Crippen molar-refractivity contribution in [3.63, 3.8) is 0 Å². The summed E-state index contributed by atoms with van der Waals surface area (Å²) in [6, 6.07) is 0. The van der Waals surface area contributed by atoms with Gasteiger partial charge in [0.15, 0.2) is 0 Å². The van der Waals surface area contributed by atoms with Crippen molar-refractivity contribution in [2.24, 2.45) is 5.73 Å². The largest absolute Gasteiger partial charge is 0.329 e. The van der Waals surface area contributed by atoms with Gasteiger partial charge in [-0.2, -0.15) is 12.6 Å². The number of carbonyl (C=O) groups is 1. The van der Waals surface area contributed by atoms with Crippen LogP contribution < -0.4 is 16.6 Å². The van der Waals surface area contributed by atoms with Gasteiger partial charge in [-0.1, -0.05) is 0 Å². The van der Waals surface area contributed by atoms with Crippen molar-refractivity contribution in [2.75, 3.05) is 18.8 Å². The molecule has 0 fully saturated rings. The topological polar surface area (TPSA) is 67.2 Å². The standard InChI is InChI=1S/C4H11N3OS/c5-1-2-6-7-4(8)3-9/h6,9H,1-3,5H2,(H,7,8). The molecular weight excluding hydrogens is 138 g/mol. The highest BCUT2D eigenvalue weighted by molar-refractivity contribution is 7.81. The van der Waals surface area contributed by atoms with Gasteiger partial charge >= 0.3 is 0 Å². The number of amides is 1. The zero-order valence-corrected chi connectivity index (χ0v) is 5.95. The first kappa shape index (κ1) is 8.74. The number of nitrogens with two attached hydrogens (primary N) is 1. The summed E-state index contributed by atoms with van der Waals surface area (Å²) in [7, 11) is 0. The maximum atomic E-state index is 10.4. The lowest BCUT2D eigenvalue weighted by atomic mass is 10.7. The van der Waals surface area contributed by atoms with Gasteiger partial charge in [-0.3, -0.25) is 10.2 Å². The highest BCUT2D eigenvalue weighted by atomic mass is 32.1. The van der Waals surface area contributed by atoms with Crippen LogP contribution in [0.2, 0.25) is 0 Å². The summed E-state index contributed by atoms with van der Waals surface area (Å²) < 4.78 is 0. The third-order valence-electron chi connectivity index (χ3n) is 0.641. The van der Waals surface area contributed by atoms with Gasteiger partial charge in [-0.25, -0.2) is 5.43 Å². The van der Waals surface area contributed by atoms with Crippen LogP contribution in [0.4, 0.5) is 0 Å². The van der Waals surface area contributed by atoms with E-state index in [2.05, 4.69) is 23.5 Å². The van der Waals surface area contributed by atoms with E-state index in [0.29, 0.717) is 13.1 Å². The molecule has 0 aromatic rings. The molecule has 0 saturated carbocycles. The summed E-state index contributed by atoms with van der Waals surface area (Å²) in [4.78, 5) is 10.4. The van der Waals surface area contributed by atoms with E-state index in [-0.39, 0.29) is 11.7 Å². The van der Waals surface area contributed by atoms with Crippen LogP contribution in [0.1, 0.15) is 0 Å². The molecule has 0 aliphatic heterocycles. The Kier molecular flexibility index (Phi) is 5.70. The molecule has 5 heteroatoms. The number of hydrogen-bond acceptors (Lipinski definition) is 4. The Hall–Kier alpha value is -0.260. The van der Waals surface area contributed by atoms with E-state index in [1.165, 1.54) is 0 Å². The number of hydrazine groups is 1. The highest BCUT2D eigenvalue weighted by Crippen LogP contribution is 1.68. The second-order valence-electron chi connectivity index (χ2n) is 1.42. The SMILES string of the molecule is NCCNNC(=O)CS. The number of nitrogens with one attached hydrogen (secondary N) is 2. The molecule has 0 heterocycles. The lowest BCUT2D eigenvalue weighted by Gasteiger charge is -2.01. The molecule has 9 heavy (non-hydrogen) atoms. The molecule has 0 aliphatic rings. The van der Waals surface area contributed by atoms with Crippen molar-refractivity contribution in [3.8, 4) is 0 Å². The molecule has 0 unspecified atom stereocenters. The van der Waals surface area contributed by atoms with E-state index in [1.54, 1.807) is 0 Å². The molecule has 0 rings (SSSR count). The Balaban J connectivity index is 2.97. The molecule has 0 aromatic heterocycles. The van der Waals surface area contributed by atoms with E-state index < -0.39 is 0 Å². The third kappa shape index (κ3) is 5.61. The molecule has 0 bridgehead atoms. The van der Waals surface area contributed by atoms with E-state index in [4.69, 9.17) is 5.73 Å². The average molecular weight is 149 g/mol. The lowest BCUT2D eigenvalue weighted by molar-refractivity contribution is -0.119. The Morgan fingerprint density at radius 3 is 2.78 bits per heavy atom. The highest BCUT2D eigenvalue weighted by Gasteiger charge is 1.91. The number of thiol groups is 1. The van der Waals surface area contributed by atoms with E-state index in [0.717, 1.165) is 0 Å². The molecule has 0 aromatic carbocycles. The summed E-state index contributed by atoms with van der Waals surface area (Å²) in [6.07, 6.45) is 0. The Morgan fingerprint density at radius 1 is 1.67 bits per heavy atom. The zero-order chi connectivity index (χ0) is 7.11. The number of hydrogen-bond donors (Lipinski definition) is 4. The first-order chi connectivity index (χ1) is 4.31. The molecular formula is C4H11N3OS. The number of rotatable bonds is 4. The van der Waals surface area contributed by atoms with Crippen LogP contribution in [-0.4, -0.2) is 24.7 Å². The van der Waals surface area contributed by atoms with Gasteiger partial charge in [0, 0.05) is 13.1 Å². The Labute approximate surface area is 59.6 Å². The van der Waals surface area contributed by atoms with E-state index in [9.17, 15) is 4.79 Å². The second-order valence-corrected chi connectivity index (χ2v) is 1.74. The van der Waals surface area contributed by atoms with Gasteiger partial charge in [0.1, 0.15) is 0 Å². The fraction of sp³-hybridized carbons (Fsp3) is 0.750. The van der Waals surface area contributed by atoms with E-state index >= 15 is 0 Å². The average Bonchev–Trinajstić information content (AvgIpc) is 1.89. The Morgan fingerprint density at radius 2 is 2.33 bits per heavy atom. The summed E-state index contributed by atoms with van der Waals surface area (Å²) >= 11 is 3.73. The zero-order valence-electron chi connectivity index (χ0n) is 5.05. The molecule has 0 saturated heterocycles. The van der Waals surface area contributed by atoms with Crippen molar-refractivity contribution >= 4 is 18.5 Å². The third-order valence-corrected chi connectivity index (χ3v) is 0.928. The summed E-state index contributed by atoms with van der Waals surface area (Å²) in [5.41, 5.74) is 10.1. The molecule has 4 N–H and O–H groups in total. The van der Waals surface area contributed by atoms with Crippen molar-refractivity contribution in [1.29, 1.82) is 0 Å². The van der Waals surface area contributed by atoms with Gasteiger partial charge in [0.2, 0.25) is 5.91 Å². The minimum atomic E-state index is -0.146. The van der Waals surface area contributed by atoms with Crippen molar-refractivity contribution in [2.45, 2.75) is 0 Å². The van der Waals surface area contributed by atoms with E-state index in [1.807, 2.05) is 0 Å². The molecule has 0 radical (unpaired) electrons. The quantitative estimate of drug-likeness (QED) is 0.223. The maximum absolute atomic E-state index is 10.4. The fourth-order valence-corrected chi connectivity index (χ4v) is 0.352. The minimum absolute atomic E-state index is 0.146. The van der Waals surface area contributed by atoms with Crippen LogP contribution in [0.5, 0.6) is 0 Å². The monoisotopic (exact) mass is 149 g/mol. The van der Waals surface area contributed by atoms with Gasteiger partial charge in [-0.05, 0) is 0 Å². The fourth-order valence-electron chi connectivity index (χ4n) is 0.273. The first-order valence-electron chi connectivity index (χ1n) is 2.64. The lowest BCUT2D eigenvalue weighted by Crippen LogP contribution is -2.40. The summed E-state index contributed by atoms with van der Waals surface area (Å²) in [6.45, 7) is 1.09. The first-order valence-corrected chi connectivity index (χ1v) is 3.27. The number of carbonyl (C=O) groups excluding carboxylic acids is 1. The predicted octanol–water partition coefficient (Wildman–Crippen LogP) is -1.50. The molecule has 1 amide bonds. The van der Waals surface area contributed by atoms with Crippen molar-refractivity contribution in [3.05, 3.63) is 0 Å². The van der Waals surface area contributed by atoms with Crippen molar-refractivity contribution < 1.29 is 4.79 Å². The summed E-state index contributed by atoms with van der Waals surface area (Å²) in [5.74, 6) is 0.0455. The van der Waals surface area contributed by atoms with Gasteiger partial charge < -0.3 is 5.73 Å². The Bertz CT molecular complexity index is 87.9. The normalized spacial score (nSPS) is 9.11. The molecule has 0 spiro atoms. The molecule has 0 atom stereocenters. The van der Waals surface area contributed by atoms with Gasteiger partial charge in [-0.15, -0.1) is 0 Å². The van der Waals surface area contributed by atoms with Gasteiger partial charge in [0.25, 0.3) is 0 Å². The predicted molar refractivity (Wildman–Crippen MR) is 39.1 cm³/mol. The van der Waals surface area contributed by atoms with Crippen molar-refractivity contribution in [1.82, 2.24) is 10.9 Å². The second kappa shape index (κ2) is 5.87. The minimum Gasteiger partial charge on any atom is -0.329 e. The molecule has 0 aliphatic carbocycles.